The molecule has 1 aromatic heterocycles. The number of pyridine rings is 1. The monoisotopic (exact) mass is 638 g/mol. The highest BCUT2D eigenvalue weighted by atomic mass is 31.1. The highest BCUT2D eigenvalue weighted by molar-refractivity contribution is 7.73. The number of allylic oxidation sites excluding steroid dienone is 8. The van der Waals surface area contributed by atoms with Gasteiger partial charge in [0.15, 0.2) is 0 Å². The van der Waals surface area contributed by atoms with Gasteiger partial charge in [-0.3, -0.25) is 0 Å². The lowest BCUT2D eigenvalue weighted by Crippen LogP contribution is -2.36. The summed E-state index contributed by atoms with van der Waals surface area (Å²) in [7, 11) is -0.503. The van der Waals surface area contributed by atoms with Crippen LogP contribution in [0.3, 0.4) is 0 Å². The van der Waals surface area contributed by atoms with E-state index < -0.39 is 7.92 Å². The van der Waals surface area contributed by atoms with Crippen LogP contribution in [0.4, 0.5) is 0 Å². The second-order valence-corrected chi connectivity index (χ2v) is 15.0. The van der Waals surface area contributed by atoms with Crippen molar-refractivity contribution < 1.29 is 4.74 Å². The summed E-state index contributed by atoms with van der Waals surface area (Å²) < 4.78 is 6.41. The van der Waals surface area contributed by atoms with E-state index in [-0.39, 0.29) is 6.10 Å². The Bertz CT molecular complexity index is 2320. The van der Waals surface area contributed by atoms with E-state index >= 15 is 0 Å². The largest absolute Gasteiger partial charge is 0.467 e. The van der Waals surface area contributed by atoms with Gasteiger partial charge >= 0.3 is 0 Å². The highest BCUT2D eigenvalue weighted by Crippen LogP contribution is 2.55. The van der Waals surface area contributed by atoms with Crippen molar-refractivity contribution in [2.24, 2.45) is 4.99 Å². The lowest BCUT2D eigenvalue weighted by molar-refractivity contribution is 0.267. The molecule has 9 rings (SSSR count). The minimum atomic E-state index is -0.503. The lowest BCUT2D eigenvalue weighted by Gasteiger charge is -2.27. The predicted octanol–water partition coefficient (Wildman–Crippen LogP) is 9.01. The molecular weight excluding hydrogens is 603 g/mol. The van der Waals surface area contributed by atoms with Crippen LogP contribution in [0.2, 0.25) is 0 Å². The van der Waals surface area contributed by atoms with E-state index in [4.69, 9.17) is 14.7 Å². The fraction of sp³-hybridized carbons (Fsp3) is 0.136. The SMILES string of the molecule is C1=CCCC(P(C2=CCC(c3ccc(-c4nc5ccccc5c5c4=CCC4OC(c6ccccc6)=NC=54)cc3)C=C2)c2ccccc2)=C1. The van der Waals surface area contributed by atoms with Crippen LogP contribution in [-0.4, -0.2) is 17.0 Å². The van der Waals surface area contributed by atoms with Crippen molar-refractivity contribution >= 4 is 41.8 Å². The zero-order valence-corrected chi connectivity index (χ0v) is 27.6. The van der Waals surface area contributed by atoms with Gasteiger partial charge in [0.2, 0.25) is 5.90 Å². The van der Waals surface area contributed by atoms with Gasteiger partial charge in [0.1, 0.15) is 6.10 Å². The summed E-state index contributed by atoms with van der Waals surface area (Å²) in [5.41, 5.74) is 6.47. The van der Waals surface area contributed by atoms with Gasteiger partial charge in [-0.25, -0.2) is 9.98 Å². The van der Waals surface area contributed by atoms with Gasteiger partial charge in [-0.15, -0.1) is 0 Å². The molecule has 0 saturated carbocycles. The molecule has 0 fully saturated rings. The van der Waals surface area contributed by atoms with Crippen LogP contribution in [0.15, 0.2) is 161 Å². The first-order chi connectivity index (χ1) is 23.8. The summed E-state index contributed by atoms with van der Waals surface area (Å²) in [4.78, 5) is 10.3. The number of aromatic nitrogens is 1. The zero-order chi connectivity index (χ0) is 31.9. The summed E-state index contributed by atoms with van der Waals surface area (Å²) in [5.74, 6) is 1.06. The third-order valence-electron chi connectivity index (χ3n) is 9.77. The molecule has 2 heterocycles. The maximum atomic E-state index is 6.41. The van der Waals surface area contributed by atoms with Gasteiger partial charge in [0.25, 0.3) is 0 Å². The minimum absolute atomic E-state index is 0.0847. The number of hydrogen-bond acceptors (Lipinski definition) is 3. The zero-order valence-electron chi connectivity index (χ0n) is 26.7. The number of hydrogen-bond donors (Lipinski definition) is 0. The molecule has 1 aliphatic heterocycles. The molecule has 48 heavy (non-hydrogen) atoms. The van der Waals surface area contributed by atoms with Crippen LogP contribution in [-0.2, 0) is 4.74 Å². The summed E-state index contributed by atoms with van der Waals surface area (Å²) >= 11 is 0. The van der Waals surface area contributed by atoms with Gasteiger partial charge in [-0.2, -0.15) is 0 Å². The summed E-state index contributed by atoms with van der Waals surface area (Å²) in [6.45, 7) is 0. The fourth-order valence-corrected chi connectivity index (χ4v) is 9.92. The molecule has 0 spiro atoms. The van der Waals surface area contributed by atoms with Gasteiger partial charge < -0.3 is 4.74 Å². The average molecular weight is 639 g/mol. The normalized spacial score (nSPS) is 20.2. The molecule has 5 aromatic rings. The highest BCUT2D eigenvalue weighted by Gasteiger charge is 2.30. The Morgan fingerprint density at radius 1 is 0.750 bits per heavy atom. The fourth-order valence-electron chi connectivity index (χ4n) is 7.38. The van der Waals surface area contributed by atoms with E-state index in [9.17, 15) is 0 Å². The number of ether oxygens (including phenoxy) is 1. The van der Waals surface area contributed by atoms with Gasteiger partial charge in [0, 0.05) is 39.3 Å². The van der Waals surface area contributed by atoms with Crippen molar-refractivity contribution in [1.29, 1.82) is 0 Å². The third kappa shape index (κ3) is 5.29. The standard InChI is InChI=1S/C44H35N2OP/c1-4-12-33(13-5-1)44-46-43-40(47-44)29-28-38-41(43)37-18-10-11-19-39(37)45-42(38)32-22-20-30(21-23-32)31-24-26-36(27-25-31)48(34-14-6-2-7-15-34)35-16-8-3-9-17-35/h1-8,10-16,18-24,26-28,31,40H,9,17,25,29H2. The first kappa shape index (κ1) is 29.1. The van der Waals surface area contributed by atoms with Crippen molar-refractivity contribution in [3.63, 3.8) is 0 Å². The van der Waals surface area contributed by atoms with Crippen LogP contribution in [0.1, 0.15) is 42.7 Å². The topological polar surface area (TPSA) is 34.5 Å². The molecule has 4 heteroatoms. The van der Waals surface area contributed by atoms with Crippen LogP contribution in [0, 0.1) is 0 Å². The molecule has 0 bridgehead atoms. The molecule has 3 nitrogen and oxygen atoms in total. The minimum Gasteiger partial charge on any atom is -0.467 e. The molecule has 0 saturated heterocycles. The number of nitrogens with zero attached hydrogens (tertiary/aromatic N) is 2. The van der Waals surface area contributed by atoms with Crippen molar-refractivity contribution in [2.75, 3.05) is 0 Å². The number of rotatable bonds is 6. The van der Waals surface area contributed by atoms with Crippen molar-refractivity contribution in [3.05, 3.63) is 178 Å². The smallest absolute Gasteiger partial charge is 0.221 e. The van der Waals surface area contributed by atoms with E-state index in [1.807, 2.05) is 18.2 Å². The summed E-state index contributed by atoms with van der Waals surface area (Å²) in [5, 5.41) is 7.89. The number of aliphatic imine (C=N–C) groups is 1. The van der Waals surface area contributed by atoms with Crippen molar-refractivity contribution in [1.82, 2.24) is 4.98 Å². The molecule has 3 unspecified atom stereocenters. The second-order valence-electron chi connectivity index (χ2n) is 12.7. The first-order valence-electron chi connectivity index (χ1n) is 16.9. The van der Waals surface area contributed by atoms with E-state index in [1.54, 1.807) is 5.31 Å². The van der Waals surface area contributed by atoms with Crippen LogP contribution in [0.25, 0.3) is 33.9 Å². The second kappa shape index (κ2) is 12.5. The maximum Gasteiger partial charge on any atom is 0.221 e. The van der Waals surface area contributed by atoms with E-state index in [1.165, 1.54) is 16.2 Å². The van der Waals surface area contributed by atoms with Crippen molar-refractivity contribution in [2.45, 2.75) is 37.7 Å². The molecule has 232 valence electrons. The van der Waals surface area contributed by atoms with Crippen molar-refractivity contribution in [3.8, 4) is 11.3 Å². The molecule has 3 aliphatic carbocycles. The van der Waals surface area contributed by atoms with Gasteiger partial charge in [0.05, 0.1) is 16.9 Å². The third-order valence-corrected chi connectivity index (χ3v) is 12.4. The Labute approximate surface area is 282 Å². The summed E-state index contributed by atoms with van der Waals surface area (Å²) in [6.07, 6.45) is 20.5. The Kier molecular flexibility index (Phi) is 7.56. The number of para-hydroxylation sites is 1. The van der Waals surface area contributed by atoms with Gasteiger partial charge in [-0.1, -0.05) is 134 Å². The average Bonchev–Trinajstić information content (AvgIpc) is 3.61. The Morgan fingerprint density at radius 3 is 2.31 bits per heavy atom. The Hall–Kier alpha value is -5.11. The predicted molar refractivity (Wildman–Crippen MR) is 201 cm³/mol. The summed E-state index contributed by atoms with van der Waals surface area (Å²) in [6, 6.07) is 38.8. The Balaban J connectivity index is 1.05. The lowest BCUT2D eigenvalue weighted by atomic mass is 9.91. The van der Waals surface area contributed by atoms with E-state index in [0.29, 0.717) is 11.8 Å². The van der Waals surface area contributed by atoms with Crippen LogP contribution in [0.5, 0.6) is 0 Å². The molecule has 3 atom stereocenters. The first-order valence-corrected chi connectivity index (χ1v) is 18.3. The molecule has 4 aromatic carbocycles. The molecule has 0 amide bonds. The number of benzene rings is 4. The van der Waals surface area contributed by atoms with Crippen LogP contribution < -0.4 is 15.7 Å². The maximum absolute atomic E-state index is 6.41. The van der Waals surface area contributed by atoms with Gasteiger partial charge in [-0.05, 0) is 66.9 Å². The Morgan fingerprint density at radius 2 is 1.54 bits per heavy atom. The molecule has 4 aliphatic rings. The molecule has 0 N–H and O–H groups in total. The molecular formula is C44H35N2OP. The van der Waals surface area contributed by atoms with E-state index in [2.05, 4.69) is 134 Å². The quantitative estimate of drug-likeness (QED) is 0.174. The number of fused-ring (bicyclic) bond motifs is 4. The molecule has 0 radical (unpaired) electrons. The van der Waals surface area contributed by atoms with E-state index in [0.717, 1.165) is 69.5 Å². The van der Waals surface area contributed by atoms with Crippen LogP contribution >= 0.6 is 7.92 Å².